The molecular weight excluding hydrogens is 283 g/mol. The summed E-state index contributed by atoms with van der Waals surface area (Å²) >= 11 is 11.8. The summed E-state index contributed by atoms with van der Waals surface area (Å²) in [6.07, 6.45) is 3.47. The molecule has 1 N–H and O–H groups in total. The van der Waals surface area contributed by atoms with Gasteiger partial charge >= 0.3 is 0 Å². The highest BCUT2D eigenvalue weighted by Crippen LogP contribution is 2.21. The Hall–Kier alpha value is -1.42. The number of carbonyl (C=O) groups excluding carboxylic acids is 1. The number of halogens is 2. The monoisotopic (exact) mass is 294 g/mol. The minimum atomic E-state index is -0.0643. The fourth-order valence-electron chi connectivity index (χ4n) is 1.63. The molecule has 0 saturated heterocycles. The highest BCUT2D eigenvalue weighted by atomic mass is 35.5. The van der Waals surface area contributed by atoms with Crippen LogP contribution in [-0.2, 0) is 6.54 Å². The molecule has 0 aliphatic heterocycles. The van der Waals surface area contributed by atoms with Crippen LogP contribution in [0.5, 0.6) is 0 Å². The van der Waals surface area contributed by atoms with E-state index in [0.717, 1.165) is 5.56 Å². The molecule has 0 fully saturated rings. The van der Waals surface area contributed by atoms with Gasteiger partial charge in [0, 0.05) is 29.5 Å². The first-order valence-electron chi connectivity index (χ1n) is 5.74. The Morgan fingerprint density at radius 1 is 1.26 bits per heavy atom. The van der Waals surface area contributed by atoms with Gasteiger partial charge in [-0.3, -0.25) is 9.78 Å². The molecule has 98 valence electrons. The van der Waals surface area contributed by atoms with Crippen LogP contribution in [0.4, 0.5) is 0 Å². The van der Waals surface area contributed by atoms with E-state index in [1.807, 2.05) is 12.1 Å². The lowest BCUT2D eigenvalue weighted by molar-refractivity contribution is 0.0991. The number of Topliss-reactive ketones (excluding diaryl/α,β-unsaturated/α-hetero) is 1. The second kappa shape index (κ2) is 6.66. The van der Waals surface area contributed by atoms with E-state index in [9.17, 15) is 4.79 Å². The summed E-state index contributed by atoms with van der Waals surface area (Å²) in [5.41, 5.74) is 1.50. The summed E-state index contributed by atoms with van der Waals surface area (Å²) in [5, 5.41) is 3.95. The number of hydrogen-bond acceptors (Lipinski definition) is 3. The molecule has 0 aliphatic rings. The smallest absolute Gasteiger partial charge is 0.178 e. The van der Waals surface area contributed by atoms with Crippen LogP contribution in [-0.4, -0.2) is 17.3 Å². The quantitative estimate of drug-likeness (QED) is 0.860. The van der Waals surface area contributed by atoms with Crippen LogP contribution in [0.3, 0.4) is 0 Å². The zero-order valence-electron chi connectivity index (χ0n) is 10.1. The standard InChI is InChI=1S/C14H12Cl2N2O/c15-11-3-4-12(13(16)6-11)14(19)9-18-8-10-2-1-5-17-7-10/h1-7,18H,8-9H2. The van der Waals surface area contributed by atoms with Gasteiger partial charge in [-0.15, -0.1) is 0 Å². The Kier molecular flexibility index (Phi) is 4.91. The molecule has 1 heterocycles. The van der Waals surface area contributed by atoms with Crippen LogP contribution in [0.2, 0.25) is 10.0 Å². The number of hydrogen-bond donors (Lipinski definition) is 1. The van der Waals surface area contributed by atoms with Crippen LogP contribution < -0.4 is 5.32 Å². The van der Waals surface area contributed by atoms with Gasteiger partial charge in [0.05, 0.1) is 11.6 Å². The van der Waals surface area contributed by atoms with Gasteiger partial charge in [0.15, 0.2) is 5.78 Å². The normalized spacial score (nSPS) is 10.4. The summed E-state index contributed by atoms with van der Waals surface area (Å²) in [7, 11) is 0. The summed E-state index contributed by atoms with van der Waals surface area (Å²) in [6, 6.07) is 8.66. The Labute approximate surface area is 121 Å². The van der Waals surface area contributed by atoms with Gasteiger partial charge in [-0.2, -0.15) is 0 Å². The average molecular weight is 295 g/mol. The lowest BCUT2D eigenvalue weighted by Gasteiger charge is -2.06. The molecule has 5 heteroatoms. The number of rotatable bonds is 5. The Morgan fingerprint density at radius 3 is 2.79 bits per heavy atom. The summed E-state index contributed by atoms with van der Waals surface area (Å²) in [5.74, 6) is -0.0643. The molecular formula is C14H12Cl2N2O. The van der Waals surface area contributed by atoms with Crippen LogP contribution in [0, 0.1) is 0 Å². The van der Waals surface area contributed by atoms with Gasteiger partial charge in [0.2, 0.25) is 0 Å². The summed E-state index contributed by atoms with van der Waals surface area (Å²) < 4.78 is 0. The van der Waals surface area contributed by atoms with Crippen molar-refractivity contribution in [2.45, 2.75) is 6.54 Å². The number of benzene rings is 1. The first-order chi connectivity index (χ1) is 9.16. The molecule has 0 amide bonds. The van der Waals surface area contributed by atoms with E-state index in [2.05, 4.69) is 10.3 Å². The molecule has 0 radical (unpaired) electrons. The predicted octanol–water partition coefficient (Wildman–Crippen LogP) is 3.36. The van der Waals surface area contributed by atoms with E-state index in [1.165, 1.54) is 0 Å². The van der Waals surface area contributed by atoms with Crippen molar-refractivity contribution in [3.8, 4) is 0 Å². The third kappa shape index (κ3) is 4.03. The first kappa shape index (κ1) is 14.0. The van der Waals surface area contributed by atoms with Crippen LogP contribution in [0.25, 0.3) is 0 Å². The first-order valence-corrected chi connectivity index (χ1v) is 6.50. The van der Waals surface area contributed by atoms with Crippen LogP contribution >= 0.6 is 23.2 Å². The molecule has 0 unspecified atom stereocenters. The van der Waals surface area contributed by atoms with E-state index in [1.54, 1.807) is 30.6 Å². The van der Waals surface area contributed by atoms with Gasteiger partial charge in [0.25, 0.3) is 0 Å². The second-order valence-corrected chi connectivity index (χ2v) is 4.86. The number of carbonyl (C=O) groups is 1. The Morgan fingerprint density at radius 2 is 2.11 bits per heavy atom. The molecule has 19 heavy (non-hydrogen) atoms. The van der Waals surface area contributed by atoms with E-state index in [0.29, 0.717) is 22.2 Å². The maximum atomic E-state index is 12.0. The molecule has 3 nitrogen and oxygen atoms in total. The molecule has 1 aromatic carbocycles. The number of pyridine rings is 1. The summed E-state index contributed by atoms with van der Waals surface area (Å²) in [4.78, 5) is 16.0. The second-order valence-electron chi connectivity index (χ2n) is 4.01. The topological polar surface area (TPSA) is 42.0 Å². The fraction of sp³-hybridized carbons (Fsp3) is 0.143. The van der Waals surface area contributed by atoms with E-state index in [4.69, 9.17) is 23.2 Å². The van der Waals surface area contributed by atoms with Gasteiger partial charge in [-0.25, -0.2) is 0 Å². The average Bonchev–Trinajstić information content (AvgIpc) is 2.39. The van der Waals surface area contributed by atoms with Gasteiger partial charge in [-0.05, 0) is 29.8 Å². The Balaban J connectivity index is 1.91. The van der Waals surface area contributed by atoms with Crippen molar-refractivity contribution in [1.82, 2.24) is 10.3 Å². The number of aromatic nitrogens is 1. The maximum absolute atomic E-state index is 12.0. The predicted molar refractivity (Wildman–Crippen MR) is 76.7 cm³/mol. The van der Waals surface area contributed by atoms with Gasteiger partial charge in [-0.1, -0.05) is 29.3 Å². The van der Waals surface area contributed by atoms with Gasteiger partial charge < -0.3 is 5.32 Å². The number of nitrogens with one attached hydrogen (secondary N) is 1. The highest BCUT2D eigenvalue weighted by molar-refractivity contribution is 6.36. The maximum Gasteiger partial charge on any atom is 0.178 e. The summed E-state index contributed by atoms with van der Waals surface area (Å²) in [6.45, 7) is 0.807. The van der Waals surface area contributed by atoms with E-state index < -0.39 is 0 Å². The molecule has 0 bridgehead atoms. The highest BCUT2D eigenvalue weighted by Gasteiger charge is 2.10. The zero-order chi connectivity index (χ0) is 13.7. The molecule has 0 saturated carbocycles. The minimum absolute atomic E-state index is 0.0643. The van der Waals surface area contributed by atoms with E-state index >= 15 is 0 Å². The lowest BCUT2D eigenvalue weighted by Crippen LogP contribution is -2.22. The minimum Gasteiger partial charge on any atom is -0.306 e. The van der Waals surface area contributed by atoms with Crippen molar-refractivity contribution in [3.05, 3.63) is 63.9 Å². The van der Waals surface area contributed by atoms with Crippen molar-refractivity contribution < 1.29 is 4.79 Å². The van der Waals surface area contributed by atoms with Crippen LogP contribution in [0.1, 0.15) is 15.9 Å². The largest absolute Gasteiger partial charge is 0.306 e. The fourth-order valence-corrected chi connectivity index (χ4v) is 2.15. The van der Waals surface area contributed by atoms with Crippen molar-refractivity contribution in [2.24, 2.45) is 0 Å². The van der Waals surface area contributed by atoms with Crippen molar-refractivity contribution in [3.63, 3.8) is 0 Å². The van der Waals surface area contributed by atoms with Crippen molar-refractivity contribution in [2.75, 3.05) is 6.54 Å². The lowest BCUT2D eigenvalue weighted by atomic mass is 10.1. The molecule has 1 aromatic heterocycles. The van der Waals surface area contributed by atoms with E-state index in [-0.39, 0.29) is 12.3 Å². The molecule has 0 spiro atoms. The number of ketones is 1. The van der Waals surface area contributed by atoms with Crippen LogP contribution in [0.15, 0.2) is 42.7 Å². The molecule has 2 aromatic rings. The Bertz CT molecular complexity index is 573. The van der Waals surface area contributed by atoms with Crippen molar-refractivity contribution in [1.29, 1.82) is 0 Å². The molecule has 0 aliphatic carbocycles. The molecule has 2 rings (SSSR count). The van der Waals surface area contributed by atoms with Gasteiger partial charge in [0.1, 0.15) is 0 Å². The third-order valence-corrected chi connectivity index (χ3v) is 3.12. The van der Waals surface area contributed by atoms with Crippen molar-refractivity contribution >= 4 is 29.0 Å². The SMILES string of the molecule is O=C(CNCc1cccnc1)c1ccc(Cl)cc1Cl. The zero-order valence-corrected chi connectivity index (χ0v) is 11.6. The number of nitrogens with zero attached hydrogens (tertiary/aromatic N) is 1. The molecule has 0 atom stereocenters. The third-order valence-electron chi connectivity index (χ3n) is 2.57.